The fraction of sp³-hybridized carbons (Fsp3) is 1.00. The zero-order chi connectivity index (χ0) is 12.2. The average molecular weight is 230 g/mol. The normalized spacial score (nSPS) is 31.3. The van der Waals surface area contributed by atoms with Crippen molar-refractivity contribution in [3.8, 4) is 0 Å². The van der Waals surface area contributed by atoms with Crippen LogP contribution in [0.25, 0.3) is 0 Å². The second-order valence-corrected chi connectivity index (χ2v) is 5.64. The fourth-order valence-corrected chi connectivity index (χ4v) is 2.57. The number of rotatable bonds is 5. The van der Waals surface area contributed by atoms with Crippen molar-refractivity contribution in [1.82, 2.24) is 0 Å². The van der Waals surface area contributed by atoms with Crippen LogP contribution in [0, 0.1) is 11.8 Å². The van der Waals surface area contributed by atoms with E-state index in [4.69, 9.17) is 14.9 Å². The summed E-state index contributed by atoms with van der Waals surface area (Å²) in [4.78, 5) is 0. The predicted octanol–water partition coefficient (Wildman–Crippen LogP) is 1.96. The molecule has 96 valence electrons. The van der Waals surface area contributed by atoms with Crippen molar-refractivity contribution in [2.24, 2.45) is 11.8 Å². The summed E-state index contributed by atoms with van der Waals surface area (Å²) < 4.78 is 5.81. The van der Waals surface area contributed by atoms with E-state index in [1.807, 2.05) is 0 Å². The van der Waals surface area contributed by atoms with Gasteiger partial charge in [-0.1, -0.05) is 13.8 Å². The Labute approximate surface area is 98.8 Å². The van der Waals surface area contributed by atoms with Crippen molar-refractivity contribution in [3.63, 3.8) is 0 Å². The molecule has 0 aromatic carbocycles. The Morgan fingerprint density at radius 2 is 1.69 bits per heavy atom. The highest BCUT2D eigenvalue weighted by molar-refractivity contribution is 4.85. The topological polar surface area (TPSA) is 49.7 Å². The highest BCUT2D eigenvalue weighted by Gasteiger charge is 2.34. The third-order valence-corrected chi connectivity index (χ3v) is 3.89. The van der Waals surface area contributed by atoms with Crippen LogP contribution < -0.4 is 0 Å². The molecule has 0 radical (unpaired) electrons. The molecule has 1 fully saturated rings. The monoisotopic (exact) mass is 230 g/mol. The Morgan fingerprint density at radius 3 is 2.06 bits per heavy atom. The molecule has 0 amide bonds. The zero-order valence-electron chi connectivity index (χ0n) is 10.8. The summed E-state index contributed by atoms with van der Waals surface area (Å²) in [5.41, 5.74) is -0.151. The lowest BCUT2D eigenvalue weighted by atomic mass is 9.75. The van der Waals surface area contributed by atoms with Crippen LogP contribution in [0.3, 0.4) is 0 Å². The summed E-state index contributed by atoms with van der Waals surface area (Å²) in [6.45, 7) is 6.46. The predicted molar refractivity (Wildman–Crippen MR) is 64.2 cm³/mol. The lowest BCUT2D eigenvalue weighted by Crippen LogP contribution is -2.40. The van der Waals surface area contributed by atoms with Gasteiger partial charge in [-0.3, -0.25) is 0 Å². The van der Waals surface area contributed by atoms with Gasteiger partial charge in [-0.2, -0.15) is 0 Å². The van der Waals surface area contributed by atoms with Crippen molar-refractivity contribution in [3.05, 3.63) is 0 Å². The van der Waals surface area contributed by atoms with Crippen LogP contribution in [0.2, 0.25) is 0 Å². The molecule has 3 heteroatoms. The minimum absolute atomic E-state index is 0.0975. The highest BCUT2D eigenvalue weighted by atomic mass is 16.5. The van der Waals surface area contributed by atoms with Gasteiger partial charge in [0.05, 0.1) is 18.8 Å². The molecule has 0 aromatic rings. The van der Waals surface area contributed by atoms with Gasteiger partial charge in [0.2, 0.25) is 0 Å². The standard InChI is InChI=1S/C13H26O3/c1-10(2)11-4-6-13(3,7-5-11)16-12(8-14)9-15/h10-12,14-15H,4-9H2,1-3H3. The summed E-state index contributed by atoms with van der Waals surface area (Å²) >= 11 is 0. The van der Waals surface area contributed by atoms with Crippen molar-refractivity contribution >= 4 is 0 Å². The minimum Gasteiger partial charge on any atom is -0.394 e. The molecule has 1 rings (SSSR count). The van der Waals surface area contributed by atoms with E-state index in [9.17, 15) is 0 Å². The third kappa shape index (κ3) is 3.72. The number of hydrogen-bond acceptors (Lipinski definition) is 3. The summed E-state index contributed by atoms with van der Waals surface area (Å²) in [5, 5.41) is 18.1. The van der Waals surface area contributed by atoms with E-state index in [0.29, 0.717) is 0 Å². The van der Waals surface area contributed by atoms with Crippen LogP contribution in [0.1, 0.15) is 46.5 Å². The molecule has 1 saturated carbocycles. The van der Waals surface area contributed by atoms with Gasteiger partial charge in [0.25, 0.3) is 0 Å². The molecule has 0 aromatic heterocycles. The molecule has 16 heavy (non-hydrogen) atoms. The third-order valence-electron chi connectivity index (χ3n) is 3.89. The molecule has 0 saturated heterocycles. The van der Waals surface area contributed by atoms with Gasteiger partial charge in [-0.05, 0) is 44.4 Å². The van der Waals surface area contributed by atoms with E-state index in [-0.39, 0.29) is 18.8 Å². The molecule has 1 aliphatic rings. The second-order valence-electron chi connectivity index (χ2n) is 5.64. The molecule has 0 bridgehead atoms. The molecule has 0 heterocycles. The average Bonchev–Trinajstić information content (AvgIpc) is 2.26. The second kappa shape index (κ2) is 5.99. The first-order valence-corrected chi connectivity index (χ1v) is 6.40. The smallest absolute Gasteiger partial charge is 0.104 e. The molecular weight excluding hydrogens is 204 g/mol. The minimum atomic E-state index is -0.416. The highest BCUT2D eigenvalue weighted by Crippen LogP contribution is 2.38. The van der Waals surface area contributed by atoms with E-state index in [2.05, 4.69) is 20.8 Å². The van der Waals surface area contributed by atoms with E-state index >= 15 is 0 Å². The van der Waals surface area contributed by atoms with Gasteiger partial charge in [-0.15, -0.1) is 0 Å². The number of aliphatic hydroxyl groups excluding tert-OH is 2. The van der Waals surface area contributed by atoms with Crippen LogP contribution in [-0.4, -0.2) is 35.1 Å². The van der Waals surface area contributed by atoms with Crippen LogP contribution in [0.5, 0.6) is 0 Å². The fourth-order valence-electron chi connectivity index (χ4n) is 2.57. The first kappa shape index (κ1) is 13.9. The molecule has 2 N–H and O–H groups in total. The van der Waals surface area contributed by atoms with Crippen LogP contribution in [0.4, 0.5) is 0 Å². The molecular formula is C13H26O3. The van der Waals surface area contributed by atoms with Gasteiger partial charge < -0.3 is 14.9 Å². The van der Waals surface area contributed by atoms with Gasteiger partial charge in [0.1, 0.15) is 6.10 Å². The Balaban J connectivity index is 2.43. The summed E-state index contributed by atoms with van der Waals surface area (Å²) in [6.07, 6.45) is 4.04. The van der Waals surface area contributed by atoms with Crippen molar-refractivity contribution in [2.45, 2.75) is 58.2 Å². The Bertz CT molecular complexity index is 191. The molecule has 0 aliphatic heterocycles. The number of hydrogen-bond donors (Lipinski definition) is 2. The molecule has 0 unspecified atom stereocenters. The summed E-state index contributed by atoms with van der Waals surface area (Å²) in [5.74, 6) is 1.55. The molecule has 3 nitrogen and oxygen atoms in total. The number of aliphatic hydroxyl groups is 2. The maximum Gasteiger partial charge on any atom is 0.104 e. The number of ether oxygens (including phenoxy) is 1. The van der Waals surface area contributed by atoms with Gasteiger partial charge in [-0.25, -0.2) is 0 Å². The van der Waals surface area contributed by atoms with Gasteiger partial charge in [0.15, 0.2) is 0 Å². The molecule has 0 atom stereocenters. The van der Waals surface area contributed by atoms with Crippen LogP contribution >= 0.6 is 0 Å². The van der Waals surface area contributed by atoms with Crippen molar-refractivity contribution < 1.29 is 14.9 Å². The SMILES string of the molecule is CC(C)C1CCC(C)(OC(CO)CO)CC1. The van der Waals surface area contributed by atoms with E-state index < -0.39 is 6.10 Å². The molecule has 0 spiro atoms. The maximum absolute atomic E-state index is 9.03. The van der Waals surface area contributed by atoms with E-state index in [1.54, 1.807) is 0 Å². The quantitative estimate of drug-likeness (QED) is 0.759. The maximum atomic E-state index is 9.03. The molecule has 1 aliphatic carbocycles. The summed E-state index contributed by atoms with van der Waals surface area (Å²) in [6, 6.07) is 0. The Hall–Kier alpha value is -0.120. The summed E-state index contributed by atoms with van der Waals surface area (Å²) in [7, 11) is 0. The first-order valence-electron chi connectivity index (χ1n) is 6.40. The Kier molecular flexibility index (Phi) is 5.22. The Morgan fingerprint density at radius 1 is 1.19 bits per heavy atom. The van der Waals surface area contributed by atoms with E-state index in [1.165, 1.54) is 12.8 Å². The van der Waals surface area contributed by atoms with Crippen LogP contribution in [0.15, 0.2) is 0 Å². The van der Waals surface area contributed by atoms with Gasteiger partial charge in [0, 0.05) is 0 Å². The van der Waals surface area contributed by atoms with Gasteiger partial charge >= 0.3 is 0 Å². The van der Waals surface area contributed by atoms with Crippen LogP contribution in [-0.2, 0) is 4.74 Å². The largest absolute Gasteiger partial charge is 0.394 e. The van der Waals surface area contributed by atoms with E-state index in [0.717, 1.165) is 24.7 Å². The first-order chi connectivity index (χ1) is 7.50. The lowest BCUT2D eigenvalue weighted by molar-refractivity contribution is -0.137. The lowest BCUT2D eigenvalue weighted by Gasteiger charge is -2.40. The van der Waals surface area contributed by atoms with Crippen molar-refractivity contribution in [1.29, 1.82) is 0 Å². The van der Waals surface area contributed by atoms with Crippen molar-refractivity contribution in [2.75, 3.05) is 13.2 Å². The zero-order valence-corrected chi connectivity index (χ0v) is 10.8.